The molecule has 1 aliphatic rings. The first-order chi connectivity index (χ1) is 11.3. The van der Waals surface area contributed by atoms with E-state index in [4.69, 9.17) is 0 Å². The SMILES string of the molecule is Cc1cc(C)c(S(=O)(=O)[C@@H]2C(=O)CC[C@H]2c2ccccc2)c(C)c1. The van der Waals surface area contributed by atoms with Gasteiger partial charge >= 0.3 is 0 Å². The minimum Gasteiger partial charge on any atom is -0.298 e. The number of rotatable bonds is 3. The van der Waals surface area contributed by atoms with E-state index >= 15 is 0 Å². The Morgan fingerprint density at radius 1 is 0.958 bits per heavy atom. The zero-order chi connectivity index (χ0) is 17.5. The van der Waals surface area contributed by atoms with E-state index in [0.717, 1.165) is 22.3 Å². The average Bonchev–Trinajstić information content (AvgIpc) is 2.89. The van der Waals surface area contributed by atoms with E-state index in [1.165, 1.54) is 0 Å². The summed E-state index contributed by atoms with van der Waals surface area (Å²) in [6.07, 6.45) is 0.921. The van der Waals surface area contributed by atoms with Crippen LogP contribution in [0.3, 0.4) is 0 Å². The summed E-state index contributed by atoms with van der Waals surface area (Å²) in [4.78, 5) is 12.8. The molecule has 0 heterocycles. The Balaban J connectivity index is 2.13. The van der Waals surface area contributed by atoms with Crippen LogP contribution in [0, 0.1) is 20.8 Å². The minimum absolute atomic E-state index is 0.164. The number of aryl methyl sites for hydroxylation is 3. The number of ketones is 1. The van der Waals surface area contributed by atoms with E-state index in [9.17, 15) is 13.2 Å². The molecule has 0 unspecified atom stereocenters. The summed E-state index contributed by atoms with van der Waals surface area (Å²) >= 11 is 0. The highest BCUT2D eigenvalue weighted by Crippen LogP contribution is 2.40. The van der Waals surface area contributed by atoms with Crippen molar-refractivity contribution in [2.75, 3.05) is 0 Å². The minimum atomic E-state index is -3.71. The zero-order valence-electron chi connectivity index (χ0n) is 14.2. The molecule has 1 fully saturated rings. The first kappa shape index (κ1) is 16.9. The molecule has 0 N–H and O–H groups in total. The molecule has 4 heteroatoms. The molecule has 0 aromatic heterocycles. The van der Waals surface area contributed by atoms with Gasteiger partial charge in [0.1, 0.15) is 5.25 Å². The van der Waals surface area contributed by atoms with Crippen molar-refractivity contribution in [3.63, 3.8) is 0 Å². The molecule has 0 saturated heterocycles. The van der Waals surface area contributed by atoms with Crippen molar-refractivity contribution in [1.82, 2.24) is 0 Å². The number of benzene rings is 2. The highest BCUT2D eigenvalue weighted by Gasteiger charge is 2.46. The van der Waals surface area contributed by atoms with Gasteiger partial charge in [0.05, 0.1) is 4.90 Å². The quantitative estimate of drug-likeness (QED) is 0.850. The summed E-state index contributed by atoms with van der Waals surface area (Å²) in [6.45, 7) is 5.57. The maximum atomic E-state index is 13.4. The van der Waals surface area contributed by atoms with Gasteiger partial charge < -0.3 is 0 Å². The normalized spacial score (nSPS) is 21.2. The van der Waals surface area contributed by atoms with Gasteiger partial charge in [0.25, 0.3) is 0 Å². The Labute approximate surface area is 143 Å². The number of Topliss-reactive ketones (excluding diaryl/α,β-unsaturated/α-hetero) is 1. The summed E-state index contributed by atoms with van der Waals surface area (Å²) in [5, 5.41) is -0.972. The third kappa shape index (κ3) is 2.80. The van der Waals surface area contributed by atoms with Crippen molar-refractivity contribution < 1.29 is 13.2 Å². The van der Waals surface area contributed by atoms with Crippen LogP contribution >= 0.6 is 0 Å². The smallest absolute Gasteiger partial charge is 0.189 e. The molecule has 0 spiro atoms. The molecule has 0 radical (unpaired) electrons. The van der Waals surface area contributed by atoms with Crippen LogP contribution < -0.4 is 0 Å². The van der Waals surface area contributed by atoms with Crippen LogP contribution in [-0.4, -0.2) is 19.5 Å². The summed E-state index contributed by atoms with van der Waals surface area (Å²) < 4.78 is 26.7. The van der Waals surface area contributed by atoms with Gasteiger partial charge in [-0.05, 0) is 43.9 Å². The van der Waals surface area contributed by atoms with Crippen LogP contribution in [0.15, 0.2) is 47.4 Å². The van der Waals surface area contributed by atoms with Crippen LogP contribution in [0.25, 0.3) is 0 Å². The molecular weight excluding hydrogens is 320 g/mol. The van der Waals surface area contributed by atoms with Crippen LogP contribution in [0.4, 0.5) is 0 Å². The molecule has 3 nitrogen and oxygen atoms in total. The lowest BCUT2D eigenvalue weighted by Gasteiger charge is -2.22. The lowest BCUT2D eigenvalue weighted by Crippen LogP contribution is -2.31. The van der Waals surface area contributed by atoms with Gasteiger partial charge in [-0.1, -0.05) is 48.0 Å². The van der Waals surface area contributed by atoms with Crippen LogP contribution in [0.1, 0.15) is 41.0 Å². The molecule has 1 aliphatic carbocycles. The van der Waals surface area contributed by atoms with Crippen LogP contribution in [0.5, 0.6) is 0 Å². The second kappa shape index (κ2) is 6.17. The molecule has 0 aliphatic heterocycles. The second-order valence-corrected chi connectivity index (χ2v) is 8.72. The van der Waals surface area contributed by atoms with Crippen molar-refractivity contribution in [2.45, 2.75) is 49.7 Å². The van der Waals surface area contributed by atoms with Crippen molar-refractivity contribution in [1.29, 1.82) is 0 Å². The van der Waals surface area contributed by atoms with E-state index < -0.39 is 15.1 Å². The Kier molecular flexibility index (Phi) is 4.35. The topological polar surface area (TPSA) is 51.2 Å². The highest BCUT2D eigenvalue weighted by atomic mass is 32.2. The number of sulfone groups is 1. The molecule has 1 saturated carbocycles. The van der Waals surface area contributed by atoms with E-state index in [1.54, 1.807) is 0 Å². The molecule has 0 bridgehead atoms. The lowest BCUT2D eigenvalue weighted by atomic mass is 9.97. The molecule has 3 rings (SSSR count). The number of hydrogen-bond acceptors (Lipinski definition) is 3. The highest BCUT2D eigenvalue weighted by molar-refractivity contribution is 7.93. The summed E-state index contributed by atoms with van der Waals surface area (Å²) in [5.74, 6) is -0.424. The van der Waals surface area contributed by atoms with Crippen molar-refractivity contribution in [2.24, 2.45) is 0 Å². The van der Waals surface area contributed by atoms with Gasteiger partial charge in [0.15, 0.2) is 15.6 Å². The Morgan fingerprint density at radius 3 is 2.12 bits per heavy atom. The van der Waals surface area contributed by atoms with Gasteiger partial charge in [-0.15, -0.1) is 0 Å². The Bertz CT molecular complexity index is 859. The molecule has 0 amide bonds. The van der Waals surface area contributed by atoms with Crippen molar-refractivity contribution >= 4 is 15.6 Å². The fraction of sp³-hybridized carbons (Fsp3) is 0.350. The molecule has 2 aromatic carbocycles. The van der Waals surface area contributed by atoms with E-state index in [0.29, 0.717) is 17.7 Å². The van der Waals surface area contributed by atoms with Crippen LogP contribution in [-0.2, 0) is 14.6 Å². The van der Waals surface area contributed by atoms with Crippen LogP contribution in [0.2, 0.25) is 0 Å². The Morgan fingerprint density at radius 2 is 1.54 bits per heavy atom. The fourth-order valence-corrected chi connectivity index (χ4v) is 6.45. The van der Waals surface area contributed by atoms with E-state index in [2.05, 4.69) is 0 Å². The van der Waals surface area contributed by atoms with Gasteiger partial charge in [0, 0.05) is 12.3 Å². The Hall–Kier alpha value is -1.94. The zero-order valence-corrected chi connectivity index (χ0v) is 15.1. The maximum Gasteiger partial charge on any atom is 0.189 e. The molecule has 2 aromatic rings. The summed E-state index contributed by atoms with van der Waals surface area (Å²) in [6, 6.07) is 13.3. The fourth-order valence-electron chi connectivity index (χ4n) is 3.99. The lowest BCUT2D eigenvalue weighted by molar-refractivity contribution is -0.117. The molecular formula is C20H22O3S. The maximum absolute atomic E-state index is 13.4. The first-order valence-corrected chi connectivity index (χ1v) is 9.76. The average molecular weight is 342 g/mol. The van der Waals surface area contributed by atoms with E-state index in [1.807, 2.05) is 63.2 Å². The molecule has 2 atom stereocenters. The molecule has 24 heavy (non-hydrogen) atoms. The standard InChI is InChI=1S/C20H22O3S/c1-13-11-14(2)19(15(3)12-13)24(22,23)20-17(9-10-18(20)21)16-7-5-4-6-8-16/h4-8,11-12,17,20H,9-10H2,1-3H3/t17-,20-/m0/s1. The summed E-state index contributed by atoms with van der Waals surface area (Å²) in [7, 11) is -3.71. The first-order valence-electron chi connectivity index (χ1n) is 8.22. The predicted molar refractivity (Wildman–Crippen MR) is 95.1 cm³/mol. The van der Waals surface area contributed by atoms with Crippen molar-refractivity contribution in [3.8, 4) is 0 Å². The third-order valence-corrected chi connectivity index (χ3v) is 7.31. The monoisotopic (exact) mass is 342 g/mol. The number of carbonyl (C=O) groups is 1. The molecule has 126 valence electrons. The number of hydrogen-bond donors (Lipinski definition) is 0. The largest absolute Gasteiger partial charge is 0.298 e. The third-order valence-electron chi connectivity index (χ3n) is 4.84. The number of carbonyl (C=O) groups excluding carboxylic acids is 1. The second-order valence-electron chi connectivity index (χ2n) is 6.72. The summed E-state index contributed by atoms with van der Waals surface area (Å²) in [5.41, 5.74) is 3.40. The van der Waals surface area contributed by atoms with Gasteiger partial charge in [-0.2, -0.15) is 0 Å². The van der Waals surface area contributed by atoms with E-state index in [-0.39, 0.29) is 11.7 Å². The van der Waals surface area contributed by atoms with Gasteiger partial charge in [-0.3, -0.25) is 4.79 Å². The van der Waals surface area contributed by atoms with Gasteiger partial charge in [0.2, 0.25) is 0 Å². The van der Waals surface area contributed by atoms with Gasteiger partial charge in [-0.25, -0.2) is 8.42 Å². The predicted octanol–water partition coefficient (Wildman–Crippen LogP) is 3.90. The van der Waals surface area contributed by atoms with Crippen molar-refractivity contribution in [3.05, 3.63) is 64.7 Å².